The summed E-state index contributed by atoms with van der Waals surface area (Å²) in [4.78, 5) is 24.3. The first-order chi connectivity index (χ1) is 18.6. The van der Waals surface area contributed by atoms with Crippen molar-refractivity contribution in [2.75, 3.05) is 7.11 Å². The number of ether oxygens (including phenoxy) is 1. The van der Waals surface area contributed by atoms with Gasteiger partial charge in [0.05, 0.1) is 12.7 Å². The fraction of sp³-hybridized carbons (Fsp3) is 0.152. The molecule has 0 bridgehead atoms. The number of hydrogen-bond acceptors (Lipinski definition) is 3. The average Bonchev–Trinajstić information content (AvgIpc) is 3.17. The van der Waals surface area contributed by atoms with Crippen LogP contribution in [0.15, 0.2) is 115 Å². The Morgan fingerprint density at radius 3 is 2.36 bits per heavy atom. The van der Waals surface area contributed by atoms with Crippen LogP contribution >= 0.6 is 0 Å². The largest absolute Gasteiger partial charge is 0.497 e. The van der Waals surface area contributed by atoms with Crippen LogP contribution in [0, 0.1) is 13.8 Å². The first kappa shape index (κ1) is 28.7. The molecule has 6 nitrogen and oxygen atoms in total. The number of hydrogen-bond donors (Lipinski definition) is 2. The molecule has 6 heteroatoms. The van der Waals surface area contributed by atoms with Gasteiger partial charge in [0.2, 0.25) is 0 Å². The van der Waals surface area contributed by atoms with Crippen molar-refractivity contribution in [3.63, 3.8) is 0 Å². The Hall–Kier alpha value is -4.84. The number of carboxylic acid groups (broad SMARTS) is 1. The first-order valence-corrected chi connectivity index (χ1v) is 12.4. The number of fused-ring (bicyclic) bond motifs is 1. The van der Waals surface area contributed by atoms with Crippen molar-refractivity contribution in [1.82, 2.24) is 9.88 Å². The Kier molecular flexibility index (Phi) is 9.29. The van der Waals surface area contributed by atoms with E-state index in [0.29, 0.717) is 29.8 Å². The van der Waals surface area contributed by atoms with E-state index in [-0.39, 0.29) is 11.5 Å². The number of benzene rings is 2. The van der Waals surface area contributed by atoms with E-state index >= 15 is 0 Å². The molecule has 2 N–H and O–H groups in total. The molecule has 0 aliphatic carbocycles. The van der Waals surface area contributed by atoms with Gasteiger partial charge >= 0.3 is 5.97 Å². The van der Waals surface area contributed by atoms with Crippen LogP contribution in [0.3, 0.4) is 0 Å². The van der Waals surface area contributed by atoms with Gasteiger partial charge < -0.3 is 19.7 Å². The van der Waals surface area contributed by atoms with Gasteiger partial charge in [-0.05, 0) is 78.1 Å². The molecule has 0 saturated carbocycles. The minimum Gasteiger partial charge on any atom is -0.497 e. The van der Waals surface area contributed by atoms with E-state index in [1.165, 1.54) is 12.2 Å². The number of nitrogens with one attached hydrogen (secondary N) is 1. The molecule has 0 radical (unpaired) electrons. The third-order valence-electron chi connectivity index (χ3n) is 6.62. The molecule has 1 amide bonds. The molecule has 0 aliphatic rings. The zero-order chi connectivity index (χ0) is 28.7. The molecule has 0 fully saturated rings. The minimum atomic E-state index is -1.09. The number of carboxylic acids is 1. The number of nitrogens with zero attached hydrogens (tertiary/aromatic N) is 1. The number of amides is 1. The fourth-order valence-corrected chi connectivity index (χ4v) is 4.19. The molecule has 1 heterocycles. The maximum absolute atomic E-state index is 12.9. The molecule has 200 valence electrons. The Balaban J connectivity index is 1.74. The molecule has 0 aliphatic heterocycles. The number of allylic oxidation sites excluding steroid dienone is 6. The van der Waals surface area contributed by atoms with Crippen LogP contribution in [0.1, 0.15) is 27.2 Å². The van der Waals surface area contributed by atoms with Crippen LogP contribution in [0.5, 0.6) is 5.75 Å². The highest BCUT2D eigenvalue weighted by atomic mass is 16.5. The second kappa shape index (κ2) is 12.6. The molecule has 3 rings (SSSR count). The highest BCUT2D eigenvalue weighted by Crippen LogP contribution is 2.27. The molecule has 0 spiro atoms. The minimum absolute atomic E-state index is 0.0389. The maximum atomic E-state index is 12.9. The highest BCUT2D eigenvalue weighted by molar-refractivity contribution is 5.99. The fourth-order valence-electron chi connectivity index (χ4n) is 4.19. The van der Waals surface area contributed by atoms with Gasteiger partial charge in [-0.1, -0.05) is 56.7 Å². The maximum Gasteiger partial charge on any atom is 0.336 e. The van der Waals surface area contributed by atoms with E-state index in [2.05, 4.69) is 36.2 Å². The van der Waals surface area contributed by atoms with Crippen molar-refractivity contribution in [3.05, 3.63) is 138 Å². The molecule has 1 aromatic heterocycles. The van der Waals surface area contributed by atoms with E-state index in [1.807, 2.05) is 62.4 Å². The van der Waals surface area contributed by atoms with E-state index < -0.39 is 5.97 Å². The van der Waals surface area contributed by atoms with Crippen molar-refractivity contribution >= 4 is 22.8 Å². The summed E-state index contributed by atoms with van der Waals surface area (Å²) in [6.45, 7) is 20.5. The second-order valence-corrected chi connectivity index (χ2v) is 9.18. The summed E-state index contributed by atoms with van der Waals surface area (Å²) in [7, 11) is 1.62. The lowest BCUT2D eigenvalue weighted by molar-refractivity contribution is -0.132. The van der Waals surface area contributed by atoms with Gasteiger partial charge in [-0.15, -0.1) is 0 Å². The molecule has 0 atom stereocenters. The van der Waals surface area contributed by atoms with Crippen molar-refractivity contribution in [2.45, 2.75) is 26.9 Å². The van der Waals surface area contributed by atoms with Gasteiger partial charge in [-0.25, -0.2) is 4.79 Å². The molecule has 0 saturated heterocycles. The quantitative estimate of drug-likeness (QED) is 0.207. The molecule has 3 aromatic rings. The van der Waals surface area contributed by atoms with Crippen LogP contribution in [-0.4, -0.2) is 28.7 Å². The van der Waals surface area contributed by atoms with E-state index in [9.17, 15) is 14.7 Å². The lowest BCUT2D eigenvalue weighted by Crippen LogP contribution is -2.22. The number of methoxy groups -OCH3 is 1. The Morgan fingerprint density at radius 2 is 1.74 bits per heavy atom. The van der Waals surface area contributed by atoms with Crippen LogP contribution in [-0.2, 0) is 17.9 Å². The smallest absolute Gasteiger partial charge is 0.336 e. The Labute approximate surface area is 229 Å². The zero-order valence-electron chi connectivity index (χ0n) is 22.7. The first-order valence-electron chi connectivity index (χ1n) is 12.4. The third kappa shape index (κ3) is 6.73. The topological polar surface area (TPSA) is 80.6 Å². The second-order valence-electron chi connectivity index (χ2n) is 9.18. The molecule has 39 heavy (non-hydrogen) atoms. The Morgan fingerprint density at radius 1 is 1.05 bits per heavy atom. The van der Waals surface area contributed by atoms with Crippen LogP contribution in [0.25, 0.3) is 10.9 Å². The average molecular weight is 523 g/mol. The van der Waals surface area contributed by atoms with Crippen LogP contribution in [0.2, 0.25) is 0 Å². The highest BCUT2D eigenvalue weighted by Gasteiger charge is 2.15. The zero-order valence-corrected chi connectivity index (χ0v) is 22.7. The van der Waals surface area contributed by atoms with Crippen molar-refractivity contribution in [1.29, 1.82) is 0 Å². The lowest BCUT2D eigenvalue weighted by Gasteiger charge is -2.10. The van der Waals surface area contributed by atoms with Crippen molar-refractivity contribution in [2.24, 2.45) is 0 Å². The normalized spacial score (nSPS) is 11.4. The summed E-state index contributed by atoms with van der Waals surface area (Å²) >= 11 is 0. The molecular formula is C33H34N2O4. The predicted octanol–water partition coefficient (Wildman–Crippen LogP) is 6.62. The predicted molar refractivity (Wildman–Crippen MR) is 158 cm³/mol. The van der Waals surface area contributed by atoms with Crippen molar-refractivity contribution in [3.8, 4) is 5.75 Å². The van der Waals surface area contributed by atoms with Gasteiger partial charge in [0.1, 0.15) is 5.75 Å². The number of carbonyl (C=O) groups excluding carboxylic acids is 1. The number of aliphatic carboxylic acids is 1. The molecular weight excluding hydrogens is 488 g/mol. The SMILES string of the molecule is C=C/C=C(\C(=C)C(=C)/C=C\C(=C)Cn1c(C)c(C)c2cc(C(=O)NCc3ccc(OC)cc3)ccc21)C(=O)O. The molecule has 0 unspecified atom stereocenters. The summed E-state index contributed by atoms with van der Waals surface area (Å²) in [6.07, 6.45) is 6.32. The Bertz CT molecular complexity index is 1530. The van der Waals surface area contributed by atoms with E-state index in [1.54, 1.807) is 13.2 Å². The van der Waals surface area contributed by atoms with E-state index in [4.69, 9.17) is 4.74 Å². The summed E-state index contributed by atoms with van der Waals surface area (Å²) in [5.41, 5.74) is 6.35. The van der Waals surface area contributed by atoms with Gasteiger partial charge in [-0.3, -0.25) is 4.79 Å². The van der Waals surface area contributed by atoms with E-state index in [0.717, 1.165) is 39.0 Å². The lowest BCUT2D eigenvalue weighted by atomic mass is 9.99. The number of rotatable bonds is 12. The number of aryl methyl sites for hydroxylation is 1. The third-order valence-corrected chi connectivity index (χ3v) is 6.62. The van der Waals surface area contributed by atoms with Crippen LogP contribution in [0.4, 0.5) is 0 Å². The van der Waals surface area contributed by atoms with Gasteiger partial charge in [0.25, 0.3) is 5.91 Å². The standard InChI is InChI=1S/C33H34N2O4/c1-8-9-29(33(37)38)23(4)22(3)11-10-21(2)20-35-25(6)24(5)30-18-27(14-17-31(30)35)32(36)34-19-26-12-15-28(39-7)16-13-26/h8-18H,1-4,19-20H2,5-7H3,(H,34,36)(H,37,38)/b11-10-,29-9+. The van der Waals surface area contributed by atoms with Gasteiger partial charge in [0, 0.05) is 35.2 Å². The molecule has 2 aromatic carbocycles. The van der Waals surface area contributed by atoms with Gasteiger partial charge in [0.15, 0.2) is 0 Å². The number of carbonyl (C=O) groups is 2. The van der Waals surface area contributed by atoms with Crippen LogP contribution < -0.4 is 10.1 Å². The van der Waals surface area contributed by atoms with Gasteiger partial charge in [-0.2, -0.15) is 0 Å². The summed E-state index contributed by atoms with van der Waals surface area (Å²) in [5.74, 6) is -0.464. The summed E-state index contributed by atoms with van der Waals surface area (Å²) < 4.78 is 7.33. The summed E-state index contributed by atoms with van der Waals surface area (Å²) in [5, 5.41) is 13.4. The van der Waals surface area contributed by atoms with Crippen molar-refractivity contribution < 1.29 is 19.4 Å². The summed E-state index contributed by atoms with van der Waals surface area (Å²) in [6, 6.07) is 13.3. The monoisotopic (exact) mass is 522 g/mol. The number of aromatic nitrogens is 1.